The number of amides is 1. The first kappa shape index (κ1) is 18.8. The maximum absolute atomic E-state index is 12.5. The summed E-state index contributed by atoms with van der Waals surface area (Å²) in [5, 5.41) is 10.7. The molecule has 0 unspecified atom stereocenters. The number of ether oxygens (including phenoxy) is 1. The molecular weight excluding hydrogens is 348 g/mol. The van der Waals surface area contributed by atoms with Gasteiger partial charge in [0.25, 0.3) is 0 Å². The Morgan fingerprint density at radius 2 is 2.04 bits per heavy atom. The predicted molar refractivity (Wildman–Crippen MR) is 103 cm³/mol. The zero-order valence-corrected chi connectivity index (χ0v) is 16.3. The van der Waals surface area contributed by atoms with Gasteiger partial charge in [0, 0.05) is 11.6 Å². The molecule has 1 aromatic heterocycles. The lowest BCUT2D eigenvalue weighted by atomic mass is 9.86. The van der Waals surface area contributed by atoms with Gasteiger partial charge in [-0.3, -0.25) is 9.89 Å². The van der Waals surface area contributed by atoms with Crippen LogP contribution in [0.1, 0.15) is 39.5 Å². The molecule has 1 saturated carbocycles. The summed E-state index contributed by atoms with van der Waals surface area (Å²) in [5.74, 6) is 2.09. The van der Waals surface area contributed by atoms with Gasteiger partial charge in [-0.05, 0) is 49.9 Å². The van der Waals surface area contributed by atoms with E-state index in [1.807, 2.05) is 31.2 Å². The first-order valence-corrected chi connectivity index (χ1v) is 9.98. The molecule has 26 heavy (non-hydrogen) atoms. The van der Waals surface area contributed by atoms with Crippen LogP contribution in [0.15, 0.2) is 29.4 Å². The van der Waals surface area contributed by atoms with Crippen molar-refractivity contribution in [2.75, 3.05) is 7.11 Å². The number of aromatic nitrogens is 3. The van der Waals surface area contributed by atoms with E-state index in [4.69, 9.17) is 4.74 Å². The van der Waals surface area contributed by atoms with E-state index >= 15 is 0 Å². The average molecular weight is 375 g/mol. The van der Waals surface area contributed by atoms with Crippen LogP contribution in [-0.4, -0.2) is 39.5 Å². The van der Waals surface area contributed by atoms with Crippen LogP contribution in [0, 0.1) is 5.92 Å². The SMILES string of the molecule is COc1ccc(-c2nc(S[C@H](C)C(=O)N[C@H]3CCCC[C@H]3C)n[nH]2)cc1. The number of hydrogen-bond acceptors (Lipinski definition) is 5. The van der Waals surface area contributed by atoms with Crippen LogP contribution in [0.5, 0.6) is 5.75 Å². The van der Waals surface area contributed by atoms with Gasteiger partial charge in [0.05, 0.1) is 12.4 Å². The number of methoxy groups -OCH3 is 1. The summed E-state index contributed by atoms with van der Waals surface area (Å²) in [6.45, 7) is 4.12. The molecule has 1 aliphatic rings. The largest absolute Gasteiger partial charge is 0.497 e. The van der Waals surface area contributed by atoms with Crippen molar-refractivity contribution in [2.45, 2.75) is 56.0 Å². The topological polar surface area (TPSA) is 79.9 Å². The fourth-order valence-corrected chi connectivity index (χ4v) is 3.95. The molecule has 1 aliphatic carbocycles. The number of hydrogen-bond donors (Lipinski definition) is 2. The van der Waals surface area contributed by atoms with Crippen LogP contribution < -0.4 is 10.1 Å². The predicted octanol–water partition coefficient (Wildman–Crippen LogP) is 3.66. The number of carbonyl (C=O) groups is 1. The minimum absolute atomic E-state index is 0.0598. The summed E-state index contributed by atoms with van der Waals surface area (Å²) >= 11 is 1.37. The molecule has 1 aromatic carbocycles. The van der Waals surface area contributed by atoms with Gasteiger partial charge in [0.2, 0.25) is 11.1 Å². The van der Waals surface area contributed by atoms with Crippen molar-refractivity contribution < 1.29 is 9.53 Å². The lowest BCUT2D eigenvalue weighted by Gasteiger charge is -2.30. The molecule has 2 N–H and O–H groups in total. The maximum Gasteiger partial charge on any atom is 0.233 e. The van der Waals surface area contributed by atoms with E-state index in [-0.39, 0.29) is 11.2 Å². The Hall–Kier alpha value is -2.02. The van der Waals surface area contributed by atoms with Crippen LogP contribution in [0.2, 0.25) is 0 Å². The van der Waals surface area contributed by atoms with Crippen molar-refractivity contribution in [3.63, 3.8) is 0 Å². The number of nitrogens with zero attached hydrogens (tertiary/aromatic N) is 2. The van der Waals surface area contributed by atoms with Gasteiger partial charge in [-0.25, -0.2) is 4.98 Å². The number of aromatic amines is 1. The van der Waals surface area contributed by atoms with Gasteiger partial charge >= 0.3 is 0 Å². The highest BCUT2D eigenvalue weighted by atomic mass is 32.2. The number of nitrogens with one attached hydrogen (secondary N) is 2. The third-order valence-corrected chi connectivity index (χ3v) is 5.88. The fourth-order valence-electron chi connectivity index (χ4n) is 3.22. The second-order valence-corrected chi connectivity index (χ2v) is 8.14. The number of benzene rings is 1. The standard InChI is InChI=1S/C19H26N4O2S/c1-12-6-4-5-7-16(12)20-18(24)13(2)26-19-21-17(22-23-19)14-8-10-15(25-3)11-9-14/h8-13,16H,4-7H2,1-3H3,(H,20,24)(H,21,22,23)/t12-,13-,16+/m1/s1. The lowest BCUT2D eigenvalue weighted by molar-refractivity contribution is -0.121. The highest BCUT2D eigenvalue weighted by Gasteiger charge is 2.25. The van der Waals surface area contributed by atoms with Crippen molar-refractivity contribution in [3.05, 3.63) is 24.3 Å². The highest BCUT2D eigenvalue weighted by Crippen LogP contribution is 2.26. The number of H-pyrrole nitrogens is 1. The van der Waals surface area contributed by atoms with E-state index in [0.717, 1.165) is 17.7 Å². The Bertz CT molecular complexity index is 731. The van der Waals surface area contributed by atoms with Crippen LogP contribution >= 0.6 is 11.8 Å². The minimum atomic E-state index is -0.233. The molecule has 1 fully saturated rings. The maximum atomic E-state index is 12.5. The molecule has 1 heterocycles. The molecule has 2 aromatic rings. The van der Waals surface area contributed by atoms with Crippen LogP contribution in [-0.2, 0) is 4.79 Å². The van der Waals surface area contributed by atoms with E-state index in [1.54, 1.807) is 7.11 Å². The summed E-state index contributed by atoms with van der Waals surface area (Å²) in [6, 6.07) is 7.90. The van der Waals surface area contributed by atoms with E-state index < -0.39 is 0 Å². The average Bonchev–Trinajstić information content (AvgIpc) is 3.12. The monoisotopic (exact) mass is 374 g/mol. The second-order valence-electron chi connectivity index (χ2n) is 6.83. The smallest absolute Gasteiger partial charge is 0.233 e. The van der Waals surface area contributed by atoms with Gasteiger partial charge in [0.1, 0.15) is 5.75 Å². The lowest BCUT2D eigenvalue weighted by Crippen LogP contribution is -2.44. The molecule has 0 radical (unpaired) electrons. The van der Waals surface area contributed by atoms with Crippen molar-refractivity contribution in [3.8, 4) is 17.1 Å². The van der Waals surface area contributed by atoms with Crippen LogP contribution in [0.3, 0.4) is 0 Å². The van der Waals surface area contributed by atoms with Crippen molar-refractivity contribution >= 4 is 17.7 Å². The molecule has 3 rings (SSSR count). The van der Waals surface area contributed by atoms with Crippen molar-refractivity contribution in [1.29, 1.82) is 0 Å². The molecule has 0 aliphatic heterocycles. The third kappa shape index (κ3) is 4.58. The van der Waals surface area contributed by atoms with Crippen LogP contribution in [0.25, 0.3) is 11.4 Å². The van der Waals surface area contributed by atoms with E-state index in [1.165, 1.54) is 31.0 Å². The quantitative estimate of drug-likeness (QED) is 0.755. The first-order valence-electron chi connectivity index (χ1n) is 9.10. The zero-order chi connectivity index (χ0) is 18.5. The van der Waals surface area contributed by atoms with Gasteiger partial charge in [-0.15, -0.1) is 5.10 Å². The fraction of sp³-hybridized carbons (Fsp3) is 0.526. The van der Waals surface area contributed by atoms with Gasteiger partial charge in [0.15, 0.2) is 5.82 Å². The van der Waals surface area contributed by atoms with Gasteiger partial charge in [-0.2, -0.15) is 0 Å². The van der Waals surface area contributed by atoms with Gasteiger partial charge in [-0.1, -0.05) is 31.5 Å². The Morgan fingerprint density at radius 3 is 2.73 bits per heavy atom. The summed E-state index contributed by atoms with van der Waals surface area (Å²) in [4.78, 5) is 17.0. The molecular formula is C19H26N4O2S. The zero-order valence-electron chi connectivity index (χ0n) is 15.5. The Labute approximate surface area is 158 Å². The molecule has 0 saturated heterocycles. The number of thioether (sulfide) groups is 1. The summed E-state index contributed by atoms with van der Waals surface area (Å²) in [6.07, 6.45) is 4.73. The Balaban J connectivity index is 1.58. The van der Waals surface area contributed by atoms with Crippen molar-refractivity contribution in [1.82, 2.24) is 20.5 Å². The Kier molecular flexibility index (Phi) is 6.19. The van der Waals surface area contributed by atoms with E-state index in [2.05, 4.69) is 27.4 Å². The van der Waals surface area contributed by atoms with E-state index in [9.17, 15) is 4.79 Å². The van der Waals surface area contributed by atoms with Gasteiger partial charge < -0.3 is 10.1 Å². The highest BCUT2D eigenvalue weighted by molar-refractivity contribution is 8.00. The number of rotatable bonds is 6. The second kappa shape index (κ2) is 8.58. The van der Waals surface area contributed by atoms with Crippen LogP contribution in [0.4, 0.5) is 0 Å². The summed E-state index contributed by atoms with van der Waals surface area (Å²) in [7, 11) is 1.64. The molecule has 0 spiro atoms. The van der Waals surface area contributed by atoms with Crippen molar-refractivity contribution in [2.24, 2.45) is 5.92 Å². The molecule has 3 atom stereocenters. The minimum Gasteiger partial charge on any atom is -0.497 e. The Morgan fingerprint density at radius 1 is 1.31 bits per heavy atom. The molecule has 6 nitrogen and oxygen atoms in total. The normalized spacial score (nSPS) is 21.2. The molecule has 0 bridgehead atoms. The molecule has 7 heteroatoms. The van der Waals surface area contributed by atoms with E-state index in [0.29, 0.717) is 22.9 Å². The molecule has 140 valence electrons. The first-order chi connectivity index (χ1) is 12.6. The molecule has 1 amide bonds. The summed E-state index contributed by atoms with van der Waals surface area (Å²) in [5.41, 5.74) is 0.929. The summed E-state index contributed by atoms with van der Waals surface area (Å²) < 4.78 is 5.16. The third-order valence-electron chi connectivity index (χ3n) is 4.92. The number of carbonyl (C=O) groups excluding carboxylic acids is 1.